The number of carbonyl (C=O) groups excluding carboxylic acids is 6. The minimum Gasteiger partial charge on any atom is -0.394 e. The lowest BCUT2D eigenvalue weighted by molar-refractivity contribution is -0.137. The van der Waals surface area contributed by atoms with Crippen molar-refractivity contribution in [1.82, 2.24) is 41.3 Å². The van der Waals surface area contributed by atoms with E-state index in [9.17, 15) is 136 Å². The van der Waals surface area contributed by atoms with Crippen LogP contribution in [-0.4, -0.2) is 531 Å². The Hall–Kier alpha value is -5.60. The molecule has 0 heterocycles. The van der Waals surface area contributed by atoms with Crippen LogP contribution >= 0.6 is 0 Å². The second kappa shape index (κ2) is 73.9. The van der Waals surface area contributed by atoms with Crippen LogP contribution in [0.15, 0.2) is 24.3 Å². The van der Waals surface area contributed by atoms with E-state index < -0.39 is 236 Å². The average molecular weight is 1850 g/mol. The first-order valence-corrected chi connectivity index (χ1v) is 42.3. The molecular weight excluding hydrogens is 1700 g/mol. The highest BCUT2D eigenvalue weighted by atomic mass is 16.6. The third-order valence-corrected chi connectivity index (χ3v) is 19.2. The van der Waals surface area contributed by atoms with Gasteiger partial charge in [-0.15, -0.1) is 0 Å². The fraction of sp³-hybridized carbons (Fsp3) is 0.846. The standard InChI is InChI=1S/C78H148N10O39/c1-51(2)66(77(114)84-54(5-4-11-82-78(79)115)75(112)83-53-8-6-52(46-89)7-9-53)85-76(113)55(80-3)41-64(102)81-12-18-117-20-22-119-24-26-121-28-30-123-32-34-125-36-38-127-40-39-126-37-35-124-33-31-122-29-27-120-25-23-118-21-19-116-17-10-65(103)88(15-13-86(42-56(94)67(104)71(108)60(98)47-90)43-57(95)68(105)72(109)61(99)48-91)16-14-87(44-58(96)69(106)73(110)62(100)49-92)45-59(97)70(107)74(111)63(101)50-93/h6-9,51,54-63,66-74,80,89-101,104-111H,4-5,10-50H2,1-3H3,(H,81,102)(H,83,112)(H,84,114)(H,85,113)(H3,79,82,115)/t54-,55-,56-,57-,58-,59-,60+,61+,62+,63+,66-,67+,68+,69+,70+,71+,72+,73+,74+/m0/s1. The summed E-state index contributed by atoms with van der Waals surface area (Å²) in [6.07, 6.45) is -33.0. The van der Waals surface area contributed by atoms with Gasteiger partial charge in [-0.3, -0.25) is 33.8 Å². The molecule has 1 aromatic carbocycles. The van der Waals surface area contributed by atoms with Crippen LogP contribution in [0.5, 0.6) is 0 Å². The Morgan fingerprint density at radius 2 is 0.685 bits per heavy atom. The molecular formula is C78H148N10O39. The molecule has 49 nitrogen and oxygen atoms in total. The number of likely N-dealkylation sites (N-methyl/N-ethyl adjacent to an activating group) is 1. The van der Waals surface area contributed by atoms with E-state index in [0.29, 0.717) is 104 Å². The molecule has 0 fully saturated rings. The van der Waals surface area contributed by atoms with E-state index in [4.69, 9.17) is 62.6 Å². The first-order chi connectivity index (χ1) is 60.7. The number of aliphatic hydroxyl groups is 21. The molecule has 29 N–H and O–H groups in total. The molecule has 127 heavy (non-hydrogen) atoms. The predicted octanol–water partition coefficient (Wildman–Crippen LogP) is -13.9. The van der Waals surface area contributed by atoms with Gasteiger partial charge in [0.1, 0.15) is 85.3 Å². The number of aliphatic hydroxyl groups excluding tert-OH is 21. The number of hydrogen-bond acceptors (Lipinski definition) is 42. The largest absolute Gasteiger partial charge is 0.394 e. The molecule has 0 radical (unpaired) electrons. The average Bonchev–Trinajstić information content (AvgIpc) is 0.906. The maximum Gasteiger partial charge on any atom is 0.312 e. The molecule has 0 aliphatic rings. The van der Waals surface area contributed by atoms with Crippen molar-refractivity contribution in [3.05, 3.63) is 29.8 Å². The zero-order valence-electron chi connectivity index (χ0n) is 72.9. The van der Waals surface area contributed by atoms with Crippen molar-refractivity contribution in [2.45, 2.75) is 162 Å². The third-order valence-electron chi connectivity index (χ3n) is 19.2. The number of nitrogens with two attached hydrogens (primary N) is 1. The highest BCUT2D eigenvalue weighted by molar-refractivity contribution is 5.99. The molecule has 0 bridgehead atoms. The fourth-order valence-electron chi connectivity index (χ4n) is 11.6. The van der Waals surface area contributed by atoms with Crippen molar-refractivity contribution in [2.75, 3.05) is 263 Å². The van der Waals surface area contributed by atoms with Gasteiger partial charge in [-0.05, 0) is 43.5 Å². The summed E-state index contributed by atoms with van der Waals surface area (Å²) < 4.78 is 66.5. The number of rotatable bonds is 84. The minimum absolute atomic E-state index is 0.0104. The lowest BCUT2D eigenvalue weighted by atomic mass is 10.0. The first-order valence-electron chi connectivity index (χ1n) is 42.3. The molecule has 0 aliphatic heterocycles. The van der Waals surface area contributed by atoms with Gasteiger partial charge < -0.3 is 207 Å². The number of urea groups is 1. The second-order valence-corrected chi connectivity index (χ2v) is 29.7. The van der Waals surface area contributed by atoms with Crippen LogP contribution in [-0.2, 0) is 87.4 Å². The highest BCUT2D eigenvalue weighted by Crippen LogP contribution is 2.17. The van der Waals surface area contributed by atoms with Crippen LogP contribution in [0.3, 0.4) is 0 Å². The van der Waals surface area contributed by atoms with Crippen molar-refractivity contribution in [2.24, 2.45) is 11.7 Å². The van der Waals surface area contributed by atoms with Crippen LogP contribution in [0.2, 0.25) is 0 Å². The normalized spacial score (nSPS) is 16.5. The van der Waals surface area contributed by atoms with Gasteiger partial charge in [-0.25, -0.2) is 4.79 Å². The number of amides is 7. The van der Waals surface area contributed by atoms with Crippen LogP contribution in [0.4, 0.5) is 10.5 Å². The number of carbonyl (C=O) groups is 6. The molecule has 0 saturated carbocycles. The van der Waals surface area contributed by atoms with Gasteiger partial charge in [-0.2, -0.15) is 0 Å². The summed E-state index contributed by atoms with van der Waals surface area (Å²) in [6.45, 7) is 1.11. The Bertz CT molecular complexity index is 2810. The van der Waals surface area contributed by atoms with Crippen molar-refractivity contribution in [1.29, 1.82) is 0 Å². The number of anilines is 1. The number of primary amides is 1. The summed E-state index contributed by atoms with van der Waals surface area (Å²) in [6, 6.07) is 2.58. The molecule has 19 atom stereocenters. The van der Waals surface area contributed by atoms with Crippen molar-refractivity contribution in [3.63, 3.8) is 0 Å². The van der Waals surface area contributed by atoms with Gasteiger partial charge in [0.25, 0.3) is 0 Å². The van der Waals surface area contributed by atoms with E-state index in [0.717, 1.165) is 14.7 Å². The van der Waals surface area contributed by atoms with Gasteiger partial charge in [0, 0.05) is 71.1 Å². The summed E-state index contributed by atoms with van der Waals surface area (Å²) in [5.74, 6) is -3.33. The van der Waals surface area contributed by atoms with Gasteiger partial charge in [0.05, 0.1) is 235 Å². The topological polar surface area (TPSA) is 746 Å². The molecule has 0 aliphatic carbocycles. The van der Waals surface area contributed by atoms with Gasteiger partial charge >= 0.3 is 6.03 Å². The molecule has 49 heteroatoms. The predicted molar refractivity (Wildman–Crippen MR) is 445 cm³/mol. The van der Waals surface area contributed by atoms with E-state index in [-0.39, 0.29) is 111 Å². The smallest absolute Gasteiger partial charge is 0.312 e. The molecule has 0 aromatic heterocycles. The van der Waals surface area contributed by atoms with E-state index in [2.05, 4.69) is 31.9 Å². The van der Waals surface area contributed by atoms with E-state index in [1.165, 1.54) is 7.05 Å². The number of benzene rings is 1. The van der Waals surface area contributed by atoms with Crippen molar-refractivity contribution in [3.8, 4) is 0 Å². The zero-order valence-corrected chi connectivity index (χ0v) is 72.9. The second-order valence-electron chi connectivity index (χ2n) is 29.7. The van der Waals surface area contributed by atoms with Gasteiger partial charge in [0.15, 0.2) is 0 Å². The minimum atomic E-state index is -2.15. The monoisotopic (exact) mass is 1850 g/mol. The van der Waals surface area contributed by atoms with Crippen LogP contribution < -0.4 is 37.6 Å². The number of ether oxygens (including phenoxy) is 12. The Morgan fingerprint density at radius 3 is 0.984 bits per heavy atom. The quantitative estimate of drug-likeness (QED) is 0.0269. The van der Waals surface area contributed by atoms with Crippen LogP contribution in [0, 0.1) is 5.92 Å². The van der Waals surface area contributed by atoms with Crippen molar-refractivity contribution < 1.29 is 193 Å². The Kier molecular flexibility index (Phi) is 69.5. The molecule has 0 unspecified atom stereocenters. The number of nitrogens with one attached hydrogen (secondary N) is 6. The lowest BCUT2D eigenvalue weighted by Gasteiger charge is -2.36. The van der Waals surface area contributed by atoms with Gasteiger partial charge in [0.2, 0.25) is 29.5 Å². The third kappa shape index (κ3) is 54.9. The maximum absolute atomic E-state index is 14.1. The Morgan fingerprint density at radius 1 is 0.370 bits per heavy atom. The summed E-state index contributed by atoms with van der Waals surface area (Å²) in [4.78, 5) is 81.7. The first kappa shape index (κ1) is 119. The molecule has 0 saturated heterocycles. The highest BCUT2D eigenvalue weighted by Gasteiger charge is 2.38. The van der Waals surface area contributed by atoms with Gasteiger partial charge in [-0.1, -0.05) is 26.0 Å². The van der Waals surface area contributed by atoms with E-state index in [1.807, 2.05) is 0 Å². The number of nitrogens with zero attached hydrogens (tertiary/aromatic N) is 3. The SMILES string of the molecule is CN[C@@H](CC(=O)NCCOCCOCCOCCOCCOCCOCCOCCOCCOCCOCCOCCOCCC(=O)N(CCN(C[C@H](O)[C@@H](O)[C@H](O)[C@H](O)CO)C[C@H](O)[C@@H](O)[C@H](O)[C@H](O)CO)CCN(C[C@H](O)[C@@H](O)[C@H](O)[C@H](O)CO)C[C@H](O)[C@@H](O)[C@H](O)[C@H](O)CO)C(=O)N[C@H](C(=O)N[C@@H](CCCNC(N)=O)C(=O)Nc1ccc(CO)cc1)C(C)C. The molecule has 0 spiro atoms. The van der Waals surface area contributed by atoms with Crippen LogP contribution in [0.25, 0.3) is 0 Å². The van der Waals surface area contributed by atoms with Crippen molar-refractivity contribution >= 4 is 41.3 Å². The zero-order chi connectivity index (χ0) is 94.9. The fourth-order valence-corrected chi connectivity index (χ4v) is 11.6. The molecule has 744 valence electrons. The Labute approximate surface area is 739 Å². The molecule has 7 amide bonds. The maximum atomic E-state index is 14.1. The molecule has 1 aromatic rings. The number of hydrogen-bond donors (Lipinski definition) is 28. The summed E-state index contributed by atoms with van der Waals surface area (Å²) in [5.41, 5.74) is 6.23. The summed E-state index contributed by atoms with van der Waals surface area (Å²) >= 11 is 0. The summed E-state index contributed by atoms with van der Waals surface area (Å²) in [5, 5.41) is 230. The Balaban J connectivity index is 2.37. The lowest BCUT2D eigenvalue weighted by Crippen LogP contribution is -2.57. The molecule has 1 rings (SSSR count). The summed E-state index contributed by atoms with van der Waals surface area (Å²) in [7, 11) is 1.50. The van der Waals surface area contributed by atoms with Crippen LogP contribution in [0.1, 0.15) is 45.1 Å². The van der Waals surface area contributed by atoms with E-state index >= 15 is 0 Å². The van der Waals surface area contributed by atoms with E-state index in [1.54, 1.807) is 38.1 Å².